The minimum Gasteiger partial charge on any atom is -0.350 e. The van der Waals surface area contributed by atoms with Gasteiger partial charge < -0.3 is 14.4 Å². The lowest BCUT2D eigenvalue weighted by Crippen LogP contribution is -2.46. The third-order valence-electron chi connectivity index (χ3n) is 5.16. The fourth-order valence-electron chi connectivity index (χ4n) is 3.65. The smallest absolute Gasteiger partial charge is 0.237 e. The molecule has 5 heteroatoms. The number of amides is 1. The molecule has 2 saturated heterocycles. The van der Waals surface area contributed by atoms with Gasteiger partial charge in [0, 0.05) is 18.5 Å². The summed E-state index contributed by atoms with van der Waals surface area (Å²) >= 11 is 0. The molecule has 3 rings (SSSR count). The van der Waals surface area contributed by atoms with E-state index in [1.165, 1.54) is 5.56 Å². The van der Waals surface area contributed by atoms with Gasteiger partial charge in [0.1, 0.15) is 0 Å². The van der Waals surface area contributed by atoms with Gasteiger partial charge in [-0.15, -0.1) is 0 Å². The van der Waals surface area contributed by atoms with E-state index >= 15 is 0 Å². The molecule has 1 amide bonds. The molecule has 1 aromatic carbocycles. The van der Waals surface area contributed by atoms with Gasteiger partial charge in [-0.05, 0) is 45.3 Å². The first-order valence-corrected chi connectivity index (χ1v) is 9.42. The molecule has 2 aliphatic rings. The molecule has 0 spiro atoms. The van der Waals surface area contributed by atoms with Gasteiger partial charge in [0.05, 0.1) is 19.8 Å². The highest BCUT2D eigenvalue weighted by atomic mass is 16.7. The summed E-state index contributed by atoms with van der Waals surface area (Å²) < 4.78 is 11.3. The van der Waals surface area contributed by atoms with Gasteiger partial charge in [0.25, 0.3) is 0 Å². The monoisotopic (exact) mass is 346 g/mol. The van der Waals surface area contributed by atoms with Gasteiger partial charge >= 0.3 is 0 Å². The number of nitrogens with zero attached hydrogens (tertiary/aromatic N) is 2. The van der Waals surface area contributed by atoms with Crippen LogP contribution in [0.3, 0.4) is 0 Å². The molecule has 0 aliphatic carbocycles. The quantitative estimate of drug-likeness (QED) is 0.794. The molecular weight excluding hydrogens is 316 g/mol. The Morgan fingerprint density at radius 3 is 2.40 bits per heavy atom. The maximum atomic E-state index is 12.8. The number of rotatable bonds is 6. The average Bonchev–Trinajstić information content (AvgIpc) is 3.15. The van der Waals surface area contributed by atoms with Crippen molar-refractivity contribution in [3.8, 4) is 0 Å². The van der Waals surface area contributed by atoms with Crippen molar-refractivity contribution in [2.24, 2.45) is 5.92 Å². The summed E-state index contributed by atoms with van der Waals surface area (Å²) in [7, 11) is 0. The molecule has 0 N–H and O–H groups in total. The molecular formula is C20H30N2O3. The van der Waals surface area contributed by atoms with E-state index in [-0.39, 0.29) is 18.2 Å². The first-order valence-electron chi connectivity index (χ1n) is 9.42. The van der Waals surface area contributed by atoms with Crippen LogP contribution < -0.4 is 0 Å². The van der Waals surface area contributed by atoms with Crippen molar-refractivity contribution < 1.29 is 14.3 Å². The zero-order valence-electron chi connectivity index (χ0n) is 15.4. The van der Waals surface area contributed by atoms with E-state index in [9.17, 15) is 4.79 Å². The van der Waals surface area contributed by atoms with Gasteiger partial charge in [-0.2, -0.15) is 0 Å². The van der Waals surface area contributed by atoms with Crippen LogP contribution in [-0.4, -0.2) is 60.9 Å². The molecule has 1 aromatic rings. The van der Waals surface area contributed by atoms with Crippen molar-refractivity contribution in [1.29, 1.82) is 0 Å². The number of likely N-dealkylation sites (tertiary alicyclic amines) is 1. The number of hydrogen-bond donors (Lipinski definition) is 0. The standard InChI is InChI=1S/C20H30N2O3/c1-16(2)22(14-17-6-4-3-5-7-17)19(23)15-21-10-8-18(9-11-21)20-24-12-13-25-20/h3-7,16,18,20H,8-15H2,1-2H3. The van der Waals surface area contributed by atoms with Crippen LogP contribution >= 0.6 is 0 Å². The van der Waals surface area contributed by atoms with E-state index in [0.717, 1.165) is 25.9 Å². The fraction of sp³-hybridized carbons (Fsp3) is 0.650. The van der Waals surface area contributed by atoms with E-state index in [1.54, 1.807) is 0 Å². The lowest BCUT2D eigenvalue weighted by atomic mass is 9.96. The van der Waals surface area contributed by atoms with Crippen LogP contribution in [0.4, 0.5) is 0 Å². The van der Waals surface area contributed by atoms with Gasteiger partial charge in [-0.1, -0.05) is 30.3 Å². The van der Waals surface area contributed by atoms with Gasteiger partial charge in [-0.25, -0.2) is 0 Å². The fourth-order valence-corrected chi connectivity index (χ4v) is 3.65. The number of hydrogen-bond acceptors (Lipinski definition) is 4. The van der Waals surface area contributed by atoms with Crippen LogP contribution in [0.15, 0.2) is 30.3 Å². The van der Waals surface area contributed by atoms with E-state index in [4.69, 9.17) is 9.47 Å². The van der Waals surface area contributed by atoms with Crippen molar-refractivity contribution in [3.63, 3.8) is 0 Å². The van der Waals surface area contributed by atoms with E-state index in [1.807, 2.05) is 23.1 Å². The second-order valence-electron chi connectivity index (χ2n) is 7.32. The van der Waals surface area contributed by atoms with Crippen LogP contribution in [-0.2, 0) is 20.8 Å². The predicted octanol–water partition coefficient (Wildman–Crippen LogP) is 2.51. The van der Waals surface area contributed by atoms with Crippen LogP contribution in [0, 0.1) is 5.92 Å². The molecule has 0 radical (unpaired) electrons. The molecule has 138 valence electrons. The Morgan fingerprint density at radius 2 is 1.80 bits per heavy atom. The zero-order chi connectivity index (χ0) is 17.6. The Morgan fingerprint density at radius 1 is 1.16 bits per heavy atom. The van der Waals surface area contributed by atoms with E-state index in [0.29, 0.717) is 32.2 Å². The Kier molecular flexibility index (Phi) is 6.45. The van der Waals surface area contributed by atoms with Crippen LogP contribution in [0.2, 0.25) is 0 Å². The Hall–Kier alpha value is -1.43. The third-order valence-corrected chi connectivity index (χ3v) is 5.16. The lowest BCUT2D eigenvalue weighted by Gasteiger charge is -2.35. The molecule has 0 saturated carbocycles. The Labute approximate surface area is 150 Å². The molecule has 0 aromatic heterocycles. The maximum Gasteiger partial charge on any atom is 0.237 e. The summed E-state index contributed by atoms with van der Waals surface area (Å²) in [4.78, 5) is 17.1. The third kappa shape index (κ3) is 5.03. The van der Waals surface area contributed by atoms with Crippen molar-refractivity contribution in [3.05, 3.63) is 35.9 Å². The topological polar surface area (TPSA) is 42.0 Å². The number of ether oxygens (including phenoxy) is 2. The van der Waals surface area contributed by atoms with Crippen LogP contribution in [0.5, 0.6) is 0 Å². The summed E-state index contributed by atoms with van der Waals surface area (Å²) in [6.45, 7) is 8.66. The molecule has 0 atom stereocenters. The minimum atomic E-state index is -0.0249. The summed E-state index contributed by atoms with van der Waals surface area (Å²) in [5, 5.41) is 0. The number of piperidine rings is 1. The first-order chi connectivity index (χ1) is 12.1. The Bertz CT molecular complexity index is 535. The van der Waals surface area contributed by atoms with Gasteiger partial charge in [0.2, 0.25) is 5.91 Å². The molecule has 2 heterocycles. The summed E-state index contributed by atoms with van der Waals surface area (Å²) in [6, 6.07) is 10.4. The highest BCUT2D eigenvalue weighted by Crippen LogP contribution is 2.25. The lowest BCUT2D eigenvalue weighted by molar-refractivity contribution is -0.136. The van der Waals surface area contributed by atoms with Crippen molar-refractivity contribution in [1.82, 2.24) is 9.80 Å². The van der Waals surface area contributed by atoms with Crippen molar-refractivity contribution in [2.45, 2.75) is 45.6 Å². The van der Waals surface area contributed by atoms with E-state index < -0.39 is 0 Å². The summed E-state index contributed by atoms with van der Waals surface area (Å²) in [6.07, 6.45) is 2.06. The minimum absolute atomic E-state index is 0.0249. The van der Waals surface area contributed by atoms with Gasteiger partial charge in [-0.3, -0.25) is 9.69 Å². The molecule has 5 nitrogen and oxygen atoms in total. The zero-order valence-corrected chi connectivity index (χ0v) is 15.4. The normalized spacial score (nSPS) is 20.3. The number of benzene rings is 1. The molecule has 0 unspecified atom stereocenters. The highest BCUT2D eigenvalue weighted by Gasteiger charge is 2.31. The second-order valence-corrected chi connectivity index (χ2v) is 7.32. The average molecular weight is 346 g/mol. The second kappa shape index (κ2) is 8.79. The largest absolute Gasteiger partial charge is 0.350 e. The summed E-state index contributed by atoms with van der Waals surface area (Å²) in [5.41, 5.74) is 1.18. The molecule has 2 aliphatic heterocycles. The number of carbonyl (C=O) groups excluding carboxylic acids is 1. The van der Waals surface area contributed by atoms with E-state index in [2.05, 4.69) is 30.9 Å². The molecule has 0 bridgehead atoms. The van der Waals surface area contributed by atoms with Crippen LogP contribution in [0.25, 0.3) is 0 Å². The molecule has 2 fully saturated rings. The SMILES string of the molecule is CC(C)N(Cc1ccccc1)C(=O)CN1CCC(C2OCCO2)CC1. The molecule has 25 heavy (non-hydrogen) atoms. The highest BCUT2D eigenvalue weighted by molar-refractivity contribution is 5.78. The predicted molar refractivity (Wildman–Crippen MR) is 97.0 cm³/mol. The van der Waals surface area contributed by atoms with Crippen LogP contribution in [0.1, 0.15) is 32.3 Å². The summed E-state index contributed by atoms with van der Waals surface area (Å²) in [5.74, 6) is 0.685. The maximum absolute atomic E-state index is 12.8. The van der Waals surface area contributed by atoms with Gasteiger partial charge in [0.15, 0.2) is 6.29 Å². The Balaban J connectivity index is 1.50. The van der Waals surface area contributed by atoms with Crippen molar-refractivity contribution >= 4 is 5.91 Å². The van der Waals surface area contributed by atoms with Crippen molar-refractivity contribution in [2.75, 3.05) is 32.8 Å². The number of carbonyl (C=O) groups is 1. The first kappa shape index (κ1) is 18.4.